The number of carbonyl (C=O) groups is 1. The molecule has 6 nitrogen and oxygen atoms in total. The molecule has 3 aromatic rings. The number of ether oxygens (including phenoxy) is 1. The first-order chi connectivity index (χ1) is 13.4. The first-order valence-corrected chi connectivity index (χ1v) is 9.79. The molecule has 0 aliphatic rings. The van der Waals surface area contributed by atoms with Gasteiger partial charge in [-0.1, -0.05) is 41.6 Å². The van der Waals surface area contributed by atoms with Gasteiger partial charge in [-0.25, -0.2) is 0 Å². The molecule has 0 atom stereocenters. The molecule has 28 heavy (non-hydrogen) atoms. The van der Waals surface area contributed by atoms with Crippen molar-refractivity contribution in [2.75, 3.05) is 6.61 Å². The van der Waals surface area contributed by atoms with Crippen LogP contribution >= 0.6 is 15.9 Å². The van der Waals surface area contributed by atoms with Crippen LogP contribution in [-0.2, 0) is 11.3 Å². The molecular weight excluding hydrogens is 422 g/mol. The number of halogens is 1. The van der Waals surface area contributed by atoms with E-state index in [0.717, 1.165) is 15.6 Å². The average Bonchev–Trinajstić information content (AvgIpc) is 3.14. The average molecular weight is 444 g/mol. The quantitative estimate of drug-likeness (QED) is 0.532. The van der Waals surface area contributed by atoms with E-state index in [-0.39, 0.29) is 25.1 Å². The van der Waals surface area contributed by atoms with E-state index in [1.165, 1.54) is 0 Å². The third-order valence-corrected chi connectivity index (χ3v) is 4.81. The van der Waals surface area contributed by atoms with Crippen molar-refractivity contribution < 1.29 is 14.1 Å². The molecule has 0 fully saturated rings. The maximum atomic E-state index is 12.7. The van der Waals surface area contributed by atoms with Crippen LogP contribution in [0.4, 0.5) is 0 Å². The SMILES string of the molecule is Cc1ccc(OCC(=O)N(Cc2nc(-c3ccccc3)no2)C(C)C)c(Br)c1. The molecule has 7 heteroatoms. The third kappa shape index (κ3) is 4.98. The zero-order chi connectivity index (χ0) is 20.1. The summed E-state index contributed by atoms with van der Waals surface area (Å²) < 4.78 is 11.9. The Morgan fingerprint density at radius 3 is 2.64 bits per heavy atom. The second kappa shape index (κ2) is 9.01. The zero-order valence-corrected chi connectivity index (χ0v) is 17.6. The first-order valence-electron chi connectivity index (χ1n) is 9.00. The van der Waals surface area contributed by atoms with Gasteiger partial charge < -0.3 is 14.2 Å². The van der Waals surface area contributed by atoms with Gasteiger partial charge in [-0.05, 0) is 54.4 Å². The molecule has 0 saturated heterocycles. The monoisotopic (exact) mass is 443 g/mol. The summed E-state index contributed by atoms with van der Waals surface area (Å²) in [4.78, 5) is 18.8. The lowest BCUT2D eigenvalue weighted by Gasteiger charge is -2.25. The normalized spacial score (nSPS) is 10.9. The highest BCUT2D eigenvalue weighted by Gasteiger charge is 2.21. The molecule has 0 radical (unpaired) electrons. The Bertz CT molecular complexity index is 941. The number of nitrogens with zero attached hydrogens (tertiary/aromatic N) is 3. The molecule has 0 bridgehead atoms. The van der Waals surface area contributed by atoms with Gasteiger partial charge >= 0.3 is 0 Å². The molecule has 2 aromatic carbocycles. The van der Waals surface area contributed by atoms with Gasteiger partial charge in [0.1, 0.15) is 12.3 Å². The molecular formula is C21H22BrN3O3. The minimum absolute atomic E-state index is 0.0374. The van der Waals surface area contributed by atoms with Crippen LogP contribution in [0.1, 0.15) is 25.3 Å². The predicted molar refractivity (Wildman–Crippen MR) is 110 cm³/mol. The van der Waals surface area contributed by atoms with Crippen LogP contribution < -0.4 is 4.74 Å². The van der Waals surface area contributed by atoms with E-state index >= 15 is 0 Å². The number of aryl methyl sites for hydroxylation is 1. The molecule has 0 N–H and O–H groups in total. The smallest absolute Gasteiger partial charge is 0.261 e. The van der Waals surface area contributed by atoms with E-state index in [2.05, 4.69) is 26.1 Å². The van der Waals surface area contributed by atoms with Gasteiger partial charge in [0.15, 0.2) is 6.61 Å². The van der Waals surface area contributed by atoms with Crippen LogP contribution in [0.3, 0.4) is 0 Å². The van der Waals surface area contributed by atoms with Crippen LogP contribution in [0, 0.1) is 6.92 Å². The van der Waals surface area contributed by atoms with E-state index in [9.17, 15) is 4.79 Å². The van der Waals surface area contributed by atoms with Crippen LogP contribution in [0.5, 0.6) is 5.75 Å². The van der Waals surface area contributed by atoms with Gasteiger partial charge in [0, 0.05) is 11.6 Å². The number of hydrogen-bond donors (Lipinski definition) is 0. The number of carbonyl (C=O) groups excluding carboxylic acids is 1. The molecule has 1 aromatic heterocycles. The Kier molecular flexibility index (Phi) is 6.46. The number of rotatable bonds is 7. The third-order valence-electron chi connectivity index (χ3n) is 4.19. The summed E-state index contributed by atoms with van der Waals surface area (Å²) in [6, 6.07) is 15.3. The Morgan fingerprint density at radius 1 is 1.21 bits per heavy atom. The molecule has 0 saturated carbocycles. The van der Waals surface area contributed by atoms with Crippen molar-refractivity contribution in [1.29, 1.82) is 0 Å². The van der Waals surface area contributed by atoms with E-state index in [1.807, 2.05) is 69.3 Å². The Balaban J connectivity index is 1.66. The molecule has 0 spiro atoms. The van der Waals surface area contributed by atoms with Crippen molar-refractivity contribution in [3.63, 3.8) is 0 Å². The minimum Gasteiger partial charge on any atom is -0.483 e. The highest BCUT2D eigenvalue weighted by atomic mass is 79.9. The molecule has 0 aliphatic heterocycles. The van der Waals surface area contributed by atoms with Gasteiger partial charge in [0.2, 0.25) is 11.7 Å². The fourth-order valence-electron chi connectivity index (χ4n) is 2.67. The first kappa shape index (κ1) is 20.1. The number of aromatic nitrogens is 2. The summed E-state index contributed by atoms with van der Waals surface area (Å²) in [6.45, 7) is 6.03. The summed E-state index contributed by atoms with van der Waals surface area (Å²) >= 11 is 3.46. The summed E-state index contributed by atoms with van der Waals surface area (Å²) in [5.74, 6) is 1.37. The van der Waals surface area contributed by atoms with Crippen molar-refractivity contribution in [3.8, 4) is 17.1 Å². The summed E-state index contributed by atoms with van der Waals surface area (Å²) in [6.07, 6.45) is 0. The maximum absolute atomic E-state index is 12.7. The highest BCUT2D eigenvalue weighted by molar-refractivity contribution is 9.10. The summed E-state index contributed by atoms with van der Waals surface area (Å²) in [7, 11) is 0. The van der Waals surface area contributed by atoms with Crippen molar-refractivity contribution >= 4 is 21.8 Å². The van der Waals surface area contributed by atoms with E-state index in [0.29, 0.717) is 17.5 Å². The van der Waals surface area contributed by atoms with E-state index in [4.69, 9.17) is 9.26 Å². The summed E-state index contributed by atoms with van der Waals surface area (Å²) in [5, 5.41) is 4.01. The van der Waals surface area contributed by atoms with Crippen LogP contribution in [0.25, 0.3) is 11.4 Å². The standard InChI is InChI=1S/C21H22BrN3O3/c1-14(2)25(20(26)13-27-18-10-9-15(3)11-17(18)22)12-19-23-21(24-28-19)16-7-5-4-6-8-16/h4-11,14H,12-13H2,1-3H3. The Morgan fingerprint density at radius 2 is 1.96 bits per heavy atom. The van der Waals surface area contributed by atoms with E-state index in [1.54, 1.807) is 4.90 Å². The number of amides is 1. The van der Waals surface area contributed by atoms with Crippen molar-refractivity contribution in [2.45, 2.75) is 33.4 Å². The Labute approximate surface area is 172 Å². The van der Waals surface area contributed by atoms with Crippen LogP contribution in [-0.4, -0.2) is 33.6 Å². The van der Waals surface area contributed by atoms with Gasteiger partial charge in [0.05, 0.1) is 4.47 Å². The zero-order valence-electron chi connectivity index (χ0n) is 16.1. The lowest BCUT2D eigenvalue weighted by Crippen LogP contribution is -2.39. The van der Waals surface area contributed by atoms with Crippen LogP contribution in [0.15, 0.2) is 57.5 Å². The van der Waals surface area contributed by atoms with Gasteiger partial charge in [-0.3, -0.25) is 4.79 Å². The van der Waals surface area contributed by atoms with Crippen molar-refractivity contribution in [3.05, 3.63) is 64.5 Å². The second-order valence-electron chi connectivity index (χ2n) is 6.72. The molecule has 1 heterocycles. The second-order valence-corrected chi connectivity index (χ2v) is 7.57. The molecule has 146 valence electrons. The maximum Gasteiger partial charge on any atom is 0.261 e. The van der Waals surface area contributed by atoms with E-state index < -0.39 is 0 Å². The lowest BCUT2D eigenvalue weighted by molar-refractivity contribution is -0.136. The minimum atomic E-state index is -0.151. The number of hydrogen-bond acceptors (Lipinski definition) is 5. The predicted octanol–water partition coefficient (Wildman–Crippen LogP) is 4.62. The lowest BCUT2D eigenvalue weighted by atomic mass is 10.2. The van der Waals surface area contributed by atoms with Crippen molar-refractivity contribution in [2.24, 2.45) is 0 Å². The van der Waals surface area contributed by atoms with Gasteiger partial charge in [-0.15, -0.1) is 0 Å². The Hall–Kier alpha value is -2.67. The molecule has 0 aliphatic carbocycles. The fraction of sp³-hybridized carbons (Fsp3) is 0.286. The van der Waals surface area contributed by atoms with Gasteiger partial charge in [0.25, 0.3) is 5.91 Å². The summed E-state index contributed by atoms with van der Waals surface area (Å²) in [5.41, 5.74) is 1.98. The molecule has 1 amide bonds. The molecule has 0 unspecified atom stereocenters. The van der Waals surface area contributed by atoms with Gasteiger partial charge in [-0.2, -0.15) is 4.98 Å². The van der Waals surface area contributed by atoms with Crippen molar-refractivity contribution in [1.82, 2.24) is 15.0 Å². The van der Waals surface area contributed by atoms with Crippen LogP contribution in [0.2, 0.25) is 0 Å². The topological polar surface area (TPSA) is 68.5 Å². The number of benzene rings is 2. The fourth-order valence-corrected chi connectivity index (χ4v) is 3.28. The highest BCUT2D eigenvalue weighted by Crippen LogP contribution is 2.26. The largest absolute Gasteiger partial charge is 0.483 e. The molecule has 3 rings (SSSR count).